The Bertz CT molecular complexity index is 2510. The van der Waals surface area contributed by atoms with E-state index in [0.717, 1.165) is 154 Å². The van der Waals surface area contributed by atoms with Gasteiger partial charge in [0.1, 0.15) is 25.4 Å². The molecule has 628 valence electrons. The predicted octanol–water partition coefficient (Wildman–Crippen LogP) is 26.2. The summed E-state index contributed by atoms with van der Waals surface area (Å²) in [6.45, 7) is 2.54. The van der Waals surface area contributed by atoms with Crippen LogP contribution >= 0.6 is 15.6 Å². The number of esters is 3. The zero-order valence-corrected chi connectivity index (χ0v) is 70.7. The van der Waals surface area contributed by atoms with Gasteiger partial charge in [-0.15, -0.1) is 0 Å². The Morgan fingerprint density at radius 2 is 0.486 bits per heavy atom. The molecular formula is C91H158O16P2. The molecule has 4 N–H and O–H groups in total. The van der Waals surface area contributed by atoms with E-state index in [2.05, 4.69) is 154 Å². The molecule has 0 aromatic rings. The topological polar surface area (TPSA) is 231 Å². The van der Waals surface area contributed by atoms with Gasteiger partial charge in [0.05, 0.1) is 26.4 Å². The number of allylic oxidation sites excluding steroid dienone is 22. The number of ether oxygens (including phenoxy) is 3. The van der Waals surface area contributed by atoms with Crippen molar-refractivity contribution in [2.24, 2.45) is 0 Å². The van der Waals surface area contributed by atoms with Crippen LogP contribution in [-0.4, -0.2) is 95.9 Å². The summed E-state index contributed by atoms with van der Waals surface area (Å²) in [7, 11) is -9.80. The van der Waals surface area contributed by atoms with Gasteiger partial charge in [0, 0.05) is 19.3 Å². The van der Waals surface area contributed by atoms with E-state index in [9.17, 15) is 43.5 Å². The highest BCUT2D eigenvalue weighted by Crippen LogP contribution is 2.45. The second kappa shape index (κ2) is 83.1. The van der Waals surface area contributed by atoms with Crippen molar-refractivity contribution in [3.63, 3.8) is 0 Å². The fourth-order valence-electron chi connectivity index (χ4n) is 11.7. The van der Waals surface area contributed by atoms with Gasteiger partial charge in [-0.2, -0.15) is 0 Å². The van der Waals surface area contributed by atoms with E-state index < -0.39 is 91.5 Å². The summed E-state index contributed by atoms with van der Waals surface area (Å²) in [5.74, 6) is -1.59. The minimum absolute atomic E-state index is 0.0893. The Balaban J connectivity index is 4.48. The maximum Gasteiger partial charge on any atom is 0.472 e. The summed E-state index contributed by atoms with van der Waals surface area (Å²) in [6.07, 6.45) is 102. The minimum atomic E-state index is -4.94. The number of carbonyl (C=O) groups excluding carboxylic acids is 3. The van der Waals surface area contributed by atoms with Crippen LogP contribution in [0.2, 0.25) is 0 Å². The van der Waals surface area contributed by atoms with Gasteiger partial charge in [0.15, 0.2) is 6.10 Å². The fraction of sp³-hybridized carbons (Fsp3) is 0.725. The highest BCUT2D eigenvalue weighted by Gasteiger charge is 2.29. The number of hydrogen-bond donors (Lipinski definition) is 4. The van der Waals surface area contributed by atoms with Gasteiger partial charge < -0.3 is 34.2 Å². The van der Waals surface area contributed by atoms with Crippen LogP contribution in [0.25, 0.3) is 0 Å². The SMILES string of the molecule is CC/C=C\C/C=C\C/C=C\C/C=C\C/C=C\C/C=C\CCCCCCCCC(=O)OCC(COP(=O)(O)OCC(O)COP(=O)(O)OCC(O)COC(=O)CCCCCCCCCCCCCCCCCCC/C=C\C/C=C\C/C=C\C/C=C\CCCCC)OC(=O)CCCCCCC/C=C\CCCCCCCC. The van der Waals surface area contributed by atoms with Crippen molar-refractivity contribution in [2.75, 3.05) is 39.6 Å². The van der Waals surface area contributed by atoms with Gasteiger partial charge in [0.25, 0.3) is 0 Å². The summed E-state index contributed by atoms with van der Waals surface area (Å²) in [5.41, 5.74) is 0. The van der Waals surface area contributed by atoms with Crippen LogP contribution in [0.5, 0.6) is 0 Å². The van der Waals surface area contributed by atoms with Crippen molar-refractivity contribution in [3.05, 3.63) is 134 Å². The molecule has 0 saturated carbocycles. The Kier molecular flexibility index (Phi) is 79.8. The van der Waals surface area contributed by atoms with Crippen LogP contribution in [0.3, 0.4) is 0 Å². The molecule has 0 fully saturated rings. The molecule has 0 bridgehead atoms. The summed E-state index contributed by atoms with van der Waals surface area (Å²) in [6, 6.07) is 0. The van der Waals surface area contributed by atoms with E-state index in [0.29, 0.717) is 19.3 Å². The average Bonchev–Trinajstić information content (AvgIpc) is 0.904. The summed E-state index contributed by atoms with van der Waals surface area (Å²) >= 11 is 0. The first-order valence-electron chi connectivity index (χ1n) is 43.5. The number of carbonyl (C=O) groups is 3. The maximum absolute atomic E-state index is 13.0. The number of phosphoric acid groups is 2. The van der Waals surface area contributed by atoms with Crippen LogP contribution < -0.4 is 0 Å². The first kappa shape index (κ1) is 105. The molecule has 0 rings (SSSR count). The molecule has 0 aromatic heterocycles. The molecule has 0 aliphatic heterocycles. The second-order valence-electron chi connectivity index (χ2n) is 29.0. The van der Waals surface area contributed by atoms with Gasteiger partial charge >= 0.3 is 33.6 Å². The van der Waals surface area contributed by atoms with E-state index >= 15 is 0 Å². The van der Waals surface area contributed by atoms with Crippen molar-refractivity contribution < 1.29 is 75.8 Å². The molecular weight excluding hydrogens is 1410 g/mol. The molecule has 18 heteroatoms. The first-order chi connectivity index (χ1) is 53.2. The lowest BCUT2D eigenvalue weighted by atomic mass is 10.0. The fourth-order valence-corrected chi connectivity index (χ4v) is 13.3. The van der Waals surface area contributed by atoms with E-state index in [4.69, 9.17) is 32.3 Å². The number of phosphoric ester groups is 2. The Morgan fingerprint density at radius 1 is 0.266 bits per heavy atom. The maximum atomic E-state index is 13.0. The largest absolute Gasteiger partial charge is 0.472 e. The van der Waals surface area contributed by atoms with Crippen LogP contribution in [0, 0.1) is 0 Å². The molecule has 5 unspecified atom stereocenters. The standard InChI is InChI=1S/C91H158O16P2/c1-4-7-10-13-16-19-22-25-28-30-32-34-36-38-39-40-41-42-43-44-45-47-49-50-52-54-57-59-62-65-68-71-74-77-89(94)101-80-86(92)81-103-108(97,98)104-82-87(93)83-105-109(99,100)106-85-88(107-91(96)79-76-73-70-67-64-61-56-27-24-21-18-15-12-9-6-3)84-102-90(95)78-75-72-69-66-63-60-58-55-53-51-48-46-37-35-33-31-29-26-23-20-17-14-11-8-5-2/h8,11,16-17,19-20,25-29,32-35,38-39,46,48,53,55-56,86-88,92-93H,4-7,9-10,12-15,18,21-24,30-31,36-37,40-45,47,49-52,54,57-85H2,1-3H3,(H,97,98)(H,99,100)/b11-8-,19-16-,20-17-,28-25-,29-26-,34-32-,35-33-,39-38-,48-46-,55-53-,56-27-. The number of unbranched alkanes of at least 4 members (excludes halogenated alkanes) is 37. The summed E-state index contributed by atoms with van der Waals surface area (Å²) in [4.78, 5) is 58.8. The molecule has 5 atom stereocenters. The number of aliphatic hydroxyl groups excluding tert-OH is 2. The van der Waals surface area contributed by atoms with Crippen LogP contribution in [-0.2, 0) is 55.8 Å². The lowest BCUT2D eigenvalue weighted by Gasteiger charge is -2.21. The lowest BCUT2D eigenvalue weighted by molar-refractivity contribution is -0.161. The highest BCUT2D eigenvalue weighted by atomic mass is 31.2. The zero-order chi connectivity index (χ0) is 79.4. The molecule has 0 heterocycles. The van der Waals surface area contributed by atoms with Gasteiger partial charge in [-0.3, -0.25) is 32.5 Å². The summed E-state index contributed by atoms with van der Waals surface area (Å²) < 4.78 is 61.3. The normalized spacial score (nSPS) is 14.5. The van der Waals surface area contributed by atoms with Crippen molar-refractivity contribution in [1.29, 1.82) is 0 Å². The third-order valence-electron chi connectivity index (χ3n) is 18.3. The molecule has 109 heavy (non-hydrogen) atoms. The van der Waals surface area contributed by atoms with Crippen molar-refractivity contribution in [3.8, 4) is 0 Å². The second-order valence-corrected chi connectivity index (χ2v) is 31.9. The van der Waals surface area contributed by atoms with E-state index in [1.54, 1.807) is 0 Å². The average molecular weight is 1570 g/mol. The van der Waals surface area contributed by atoms with Crippen LogP contribution in [0.1, 0.15) is 367 Å². The van der Waals surface area contributed by atoms with Crippen molar-refractivity contribution >= 4 is 33.6 Å². The molecule has 0 radical (unpaired) electrons. The van der Waals surface area contributed by atoms with Gasteiger partial charge in [-0.05, 0) is 141 Å². The van der Waals surface area contributed by atoms with Crippen LogP contribution in [0.4, 0.5) is 0 Å². The number of aliphatic hydroxyl groups is 2. The Morgan fingerprint density at radius 3 is 0.798 bits per heavy atom. The smallest absolute Gasteiger partial charge is 0.463 e. The zero-order valence-electron chi connectivity index (χ0n) is 68.9. The van der Waals surface area contributed by atoms with Gasteiger partial charge in [0.2, 0.25) is 0 Å². The third-order valence-corrected chi connectivity index (χ3v) is 20.2. The lowest BCUT2D eigenvalue weighted by Crippen LogP contribution is -2.30. The number of hydrogen-bond acceptors (Lipinski definition) is 14. The minimum Gasteiger partial charge on any atom is -0.463 e. The molecule has 0 aliphatic carbocycles. The molecule has 0 spiro atoms. The Labute approximate surface area is 665 Å². The number of rotatable bonds is 82. The van der Waals surface area contributed by atoms with E-state index in [1.807, 2.05) is 0 Å². The molecule has 0 aliphatic rings. The Hall–Kier alpha value is -4.31. The highest BCUT2D eigenvalue weighted by molar-refractivity contribution is 7.47. The quantitative estimate of drug-likeness (QED) is 0.0146. The van der Waals surface area contributed by atoms with Crippen LogP contribution in [0.15, 0.2) is 134 Å². The van der Waals surface area contributed by atoms with Gasteiger partial charge in [-0.25, -0.2) is 9.13 Å². The molecule has 0 saturated heterocycles. The molecule has 16 nitrogen and oxygen atoms in total. The molecule has 0 aromatic carbocycles. The van der Waals surface area contributed by atoms with Gasteiger partial charge in [-0.1, -0.05) is 341 Å². The van der Waals surface area contributed by atoms with Crippen molar-refractivity contribution in [2.45, 2.75) is 386 Å². The monoisotopic (exact) mass is 1570 g/mol. The first-order valence-corrected chi connectivity index (χ1v) is 46.5. The predicted molar refractivity (Wildman–Crippen MR) is 454 cm³/mol. The molecule has 0 amide bonds. The van der Waals surface area contributed by atoms with E-state index in [-0.39, 0.29) is 19.3 Å². The third kappa shape index (κ3) is 84.4. The van der Waals surface area contributed by atoms with Crippen molar-refractivity contribution in [1.82, 2.24) is 0 Å². The summed E-state index contributed by atoms with van der Waals surface area (Å²) in [5, 5.41) is 20.7. The van der Waals surface area contributed by atoms with E-state index in [1.165, 1.54) is 154 Å².